The normalized spacial score (nSPS) is 10.7. The average Bonchev–Trinajstić information content (AvgIpc) is 2.94. The number of anilines is 1. The molecule has 0 saturated carbocycles. The monoisotopic (exact) mass is 399 g/mol. The van der Waals surface area contributed by atoms with Crippen LogP contribution in [0.2, 0.25) is 0 Å². The number of nitrogens with zero attached hydrogens (tertiary/aromatic N) is 2. The summed E-state index contributed by atoms with van der Waals surface area (Å²) < 4.78 is 33.9. The Bertz CT molecular complexity index is 1090. The summed E-state index contributed by atoms with van der Waals surface area (Å²) in [4.78, 5) is 23.8. The lowest BCUT2D eigenvalue weighted by atomic mass is 10.2. The maximum absolute atomic E-state index is 14.1. The molecule has 0 unspecified atom stereocenters. The minimum atomic E-state index is -0.787. The number of hydrogen-bond acceptors (Lipinski definition) is 4. The van der Waals surface area contributed by atoms with Crippen molar-refractivity contribution in [2.45, 2.75) is 27.4 Å². The molecule has 2 aromatic carbocycles. The van der Waals surface area contributed by atoms with Gasteiger partial charge >= 0.3 is 5.97 Å². The van der Waals surface area contributed by atoms with Crippen molar-refractivity contribution in [3.63, 3.8) is 0 Å². The molecule has 0 aliphatic heterocycles. The number of aromatic nitrogens is 2. The second-order valence-corrected chi connectivity index (χ2v) is 6.51. The molecule has 0 bridgehead atoms. The molecule has 150 valence electrons. The van der Waals surface area contributed by atoms with Crippen molar-refractivity contribution < 1.29 is 23.1 Å². The zero-order chi connectivity index (χ0) is 21.1. The smallest absolute Gasteiger partial charge is 0.342 e. The zero-order valence-corrected chi connectivity index (χ0v) is 16.1. The van der Waals surface area contributed by atoms with Crippen LogP contribution in [0.3, 0.4) is 0 Å². The molecule has 0 aliphatic rings. The maximum Gasteiger partial charge on any atom is 0.342 e. The van der Waals surface area contributed by atoms with E-state index < -0.39 is 17.6 Å². The van der Waals surface area contributed by atoms with E-state index in [-0.39, 0.29) is 23.8 Å². The molecule has 0 aliphatic carbocycles. The van der Waals surface area contributed by atoms with Crippen LogP contribution in [0.5, 0.6) is 0 Å². The van der Waals surface area contributed by atoms with E-state index in [0.29, 0.717) is 22.6 Å². The Morgan fingerprint density at radius 1 is 1.14 bits per heavy atom. The Hall–Kier alpha value is -3.55. The first-order chi connectivity index (χ1) is 13.8. The fourth-order valence-corrected chi connectivity index (χ4v) is 2.99. The second-order valence-electron chi connectivity index (χ2n) is 6.51. The molecule has 29 heavy (non-hydrogen) atoms. The number of carbonyl (C=O) groups excluding carboxylic acids is 2. The summed E-state index contributed by atoms with van der Waals surface area (Å²) >= 11 is 0. The van der Waals surface area contributed by atoms with Gasteiger partial charge in [0.05, 0.1) is 11.4 Å². The van der Waals surface area contributed by atoms with Crippen LogP contribution in [0.4, 0.5) is 14.5 Å². The van der Waals surface area contributed by atoms with Gasteiger partial charge in [0, 0.05) is 18.7 Å². The molecule has 1 N–H and O–H groups in total. The summed E-state index contributed by atoms with van der Waals surface area (Å²) in [7, 11) is 0. The van der Waals surface area contributed by atoms with Crippen molar-refractivity contribution in [3.8, 4) is 5.69 Å². The van der Waals surface area contributed by atoms with Gasteiger partial charge in [0.2, 0.25) is 5.91 Å². The number of benzene rings is 2. The molecule has 0 spiro atoms. The van der Waals surface area contributed by atoms with Gasteiger partial charge in [-0.25, -0.2) is 18.3 Å². The van der Waals surface area contributed by atoms with Crippen molar-refractivity contribution >= 4 is 17.6 Å². The molecule has 6 nitrogen and oxygen atoms in total. The Balaban J connectivity index is 1.80. The molecule has 0 fully saturated rings. The highest BCUT2D eigenvalue weighted by atomic mass is 19.1. The van der Waals surface area contributed by atoms with Gasteiger partial charge in [0.25, 0.3) is 0 Å². The first-order valence-corrected chi connectivity index (χ1v) is 8.81. The van der Waals surface area contributed by atoms with Gasteiger partial charge in [0.1, 0.15) is 23.7 Å². The molecular weight excluding hydrogens is 380 g/mol. The standard InChI is InChI=1S/C21H19F2N3O3/c1-12-20(13(2)26(25-12)19-8-7-16(22)10-18(19)23)21(28)29-11-15-5-4-6-17(9-15)24-14(3)27/h4-10H,11H2,1-3H3,(H,24,27). The summed E-state index contributed by atoms with van der Waals surface area (Å²) in [5, 5.41) is 6.86. The molecule has 0 saturated heterocycles. The summed E-state index contributed by atoms with van der Waals surface area (Å²) in [5.41, 5.74) is 2.28. The second kappa shape index (κ2) is 8.22. The van der Waals surface area contributed by atoms with Crippen LogP contribution in [-0.2, 0) is 16.1 Å². The predicted molar refractivity (Wildman–Crippen MR) is 103 cm³/mol. The van der Waals surface area contributed by atoms with Gasteiger partial charge in [-0.05, 0) is 43.7 Å². The molecule has 3 aromatic rings. The number of rotatable bonds is 5. The third kappa shape index (κ3) is 4.48. The minimum Gasteiger partial charge on any atom is -0.457 e. The lowest BCUT2D eigenvalue weighted by Crippen LogP contribution is -2.09. The largest absolute Gasteiger partial charge is 0.457 e. The highest BCUT2D eigenvalue weighted by molar-refractivity contribution is 5.92. The van der Waals surface area contributed by atoms with E-state index in [9.17, 15) is 18.4 Å². The summed E-state index contributed by atoms with van der Waals surface area (Å²) in [6.45, 7) is 4.61. The molecule has 0 radical (unpaired) electrons. The van der Waals surface area contributed by atoms with Crippen molar-refractivity contribution in [3.05, 3.63) is 76.6 Å². The number of aryl methyl sites for hydroxylation is 1. The summed E-state index contributed by atoms with van der Waals surface area (Å²) in [6, 6.07) is 10.1. The SMILES string of the molecule is CC(=O)Nc1cccc(COC(=O)c2c(C)nn(-c3ccc(F)cc3F)c2C)c1. The number of amides is 1. The van der Waals surface area contributed by atoms with Gasteiger partial charge in [-0.1, -0.05) is 12.1 Å². The highest BCUT2D eigenvalue weighted by Crippen LogP contribution is 2.22. The molecule has 1 aromatic heterocycles. The quantitative estimate of drug-likeness (QED) is 0.656. The molecule has 1 heterocycles. The van der Waals surface area contributed by atoms with E-state index in [0.717, 1.165) is 12.1 Å². The number of carbonyl (C=O) groups is 2. The number of halogens is 2. The number of esters is 1. The van der Waals surface area contributed by atoms with Gasteiger partial charge in [-0.2, -0.15) is 5.10 Å². The zero-order valence-electron chi connectivity index (χ0n) is 16.1. The van der Waals surface area contributed by atoms with Crippen LogP contribution in [0.15, 0.2) is 42.5 Å². The van der Waals surface area contributed by atoms with Crippen LogP contribution in [-0.4, -0.2) is 21.7 Å². The topological polar surface area (TPSA) is 73.2 Å². The molecular formula is C21H19F2N3O3. The van der Waals surface area contributed by atoms with Crippen LogP contribution >= 0.6 is 0 Å². The summed E-state index contributed by atoms with van der Waals surface area (Å²) in [5.74, 6) is -2.30. The first-order valence-electron chi connectivity index (χ1n) is 8.81. The third-order valence-corrected chi connectivity index (χ3v) is 4.25. The van der Waals surface area contributed by atoms with Gasteiger partial charge in [-0.3, -0.25) is 4.79 Å². The predicted octanol–water partition coefficient (Wildman–Crippen LogP) is 4.08. The minimum absolute atomic E-state index is 0.0127. The Morgan fingerprint density at radius 2 is 1.90 bits per heavy atom. The highest BCUT2D eigenvalue weighted by Gasteiger charge is 2.22. The molecule has 1 amide bonds. The van der Waals surface area contributed by atoms with E-state index in [4.69, 9.17) is 4.74 Å². The van der Waals surface area contributed by atoms with Crippen molar-refractivity contribution in [2.24, 2.45) is 0 Å². The van der Waals surface area contributed by atoms with Crippen LogP contribution in [0.25, 0.3) is 5.69 Å². The number of nitrogens with one attached hydrogen (secondary N) is 1. The first kappa shape index (κ1) is 20.2. The number of hydrogen-bond donors (Lipinski definition) is 1. The Kier molecular flexibility index (Phi) is 5.72. The Labute approximate surface area is 166 Å². The van der Waals surface area contributed by atoms with E-state index >= 15 is 0 Å². The lowest BCUT2D eigenvalue weighted by Gasteiger charge is -2.08. The van der Waals surface area contributed by atoms with Crippen molar-refractivity contribution in [1.82, 2.24) is 9.78 Å². The van der Waals surface area contributed by atoms with Gasteiger partial charge in [0.15, 0.2) is 5.82 Å². The lowest BCUT2D eigenvalue weighted by molar-refractivity contribution is -0.114. The third-order valence-electron chi connectivity index (χ3n) is 4.25. The maximum atomic E-state index is 14.1. The van der Waals surface area contributed by atoms with Gasteiger partial charge in [-0.15, -0.1) is 0 Å². The van der Waals surface area contributed by atoms with E-state index in [2.05, 4.69) is 10.4 Å². The number of ether oxygens (including phenoxy) is 1. The molecule has 8 heteroatoms. The van der Waals surface area contributed by atoms with Crippen molar-refractivity contribution in [1.29, 1.82) is 0 Å². The van der Waals surface area contributed by atoms with E-state index in [1.54, 1.807) is 38.1 Å². The summed E-state index contributed by atoms with van der Waals surface area (Å²) in [6.07, 6.45) is 0. The van der Waals surface area contributed by atoms with Crippen LogP contribution < -0.4 is 5.32 Å². The van der Waals surface area contributed by atoms with Crippen LogP contribution in [0, 0.1) is 25.5 Å². The van der Waals surface area contributed by atoms with Crippen molar-refractivity contribution in [2.75, 3.05) is 5.32 Å². The Morgan fingerprint density at radius 3 is 2.59 bits per heavy atom. The molecule has 3 rings (SSSR count). The molecule has 0 atom stereocenters. The fourth-order valence-electron chi connectivity index (χ4n) is 2.99. The van der Waals surface area contributed by atoms with Gasteiger partial charge < -0.3 is 10.1 Å². The van der Waals surface area contributed by atoms with E-state index in [1.165, 1.54) is 17.7 Å². The average molecular weight is 399 g/mol. The van der Waals surface area contributed by atoms with Crippen LogP contribution in [0.1, 0.15) is 34.2 Å². The van der Waals surface area contributed by atoms with E-state index in [1.807, 2.05) is 0 Å². The fraction of sp³-hybridized carbons (Fsp3) is 0.190.